The molecule has 16 N–H and O–H groups in total. The van der Waals surface area contributed by atoms with Gasteiger partial charge in [-0.15, -0.1) is 0 Å². The lowest BCUT2D eigenvalue weighted by molar-refractivity contribution is -0.373. The van der Waals surface area contributed by atoms with Gasteiger partial charge in [0, 0.05) is 6.92 Å². The molecule has 0 aliphatic carbocycles. The van der Waals surface area contributed by atoms with Crippen molar-refractivity contribution >= 4 is 11.8 Å². The van der Waals surface area contributed by atoms with E-state index in [0.29, 0.717) is 12.8 Å². The first-order valence-electron chi connectivity index (χ1n) is 35.8. The monoisotopic (exact) mass is 1340 g/mol. The maximum Gasteiger partial charge on any atom is 0.249 e. The smallest absolute Gasteiger partial charge is 0.249 e. The largest absolute Gasteiger partial charge is 0.394 e. The average Bonchev–Trinajstić information content (AvgIpc) is 0.793. The zero-order chi connectivity index (χ0) is 68.2. The molecule has 24 unspecified atom stereocenters. The first-order chi connectivity index (χ1) is 44.7. The lowest BCUT2D eigenvalue weighted by atomic mass is 9.95. The Balaban J connectivity index is 1.37. The van der Waals surface area contributed by atoms with E-state index in [2.05, 4.69) is 24.5 Å². The molecule has 2 amide bonds. The highest BCUT2D eigenvalue weighted by molar-refractivity contribution is 5.80. The molecule has 4 rings (SSSR count). The Kier molecular flexibility index (Phi) is 42.3. The molecular formula is C67H126N2O24. The molecule has 0 aromatic rings. The normalized spacial score (nSPS) is 33.1. The molecule has 4 aliphatic heterocycles. The van der Waals surface area contributed by atoms with Crippen LogP contribution >= 0.6 is 0 Å². The van der Waals surface area contributed by atoms with E-state index in [1.165, 1.54) is 135 Å². The summed E-state index contributed by atoms with van der Waals surface area (Å²) in [5.41, 5.74) is 0. The van der Waals surface area contributed by atoms with E-state index >= 15 is 0 Å². The molecule has 24 atom stereocenters. The van der Waals surface area contributed by atoms with Crippen LogP contribution in [0, 0.1) is 0 Å². The maximum absolute atomic E-state index is 13.7. The zero-order valence-corrected chi connectivity index (χ0v) is 56.4. The molecule has 4 heterocycles. The Hall–Kier alpha value is -1.94. The number of amides is 2. The first-order valence-corrected chi connectivity index (χ1v) is 35.8. The van der Waals surface area contributed by atoms with E-state index in [-0.39, 0.29) is 12.8 Å². The number of nitrogens with one attached hydrogen (secondary N) is 2. The van der Waals surface area contributed by atoms with E-state index in [0.717, 1.165) is 64.7 Å². The third kappa shape index (κ3) is 29.0. The quantitative estimate of drug-likeness (QED) is 0.0389. The second kappa shape index (κ2) is 47.2. The molecule has 0 aromatic heterocycles. The fourth-order valence-corrected chi connectivity index (χ4v) is 12.8. The molecule has 4 fully saturated rings. The van der Waals surface area contributed by atoms with Crippen LogP contribution in [-0.4, -0.2) is 257 Å². The van der Waals surface area contributed by atoms with Gasteiger partial charge >= 0.3 is 0 Å². The fraction of sp³-hybridized carbons (Fsp3) is 0.970. The van der Waals surface area contributed by atoms with Crippen LogP contribution in [0.4, 0.5) is 0 Å². The number of hydrogen-bond acceptors (Lipinski definition) is 24. The van der Waals surface area contributed by atoms with Crippen LogP contribution in [-0.2, 0) is 47.5 Å². The van der Waals surface area contributed by atoms with Crippen molar-refractivity contribution in [3.63, 3.8) is 0 Å². The van der Waals surface area contributed by atoms with Crippen molar-refractivity contribution in [2.75, 3.05) is 26.4 Å². The van der Waals surface area contributed by atoms with Gasteiger partial charge in [-0.1, -0.05) is 213 Å². The minimum Gasteiger partial charge on any atom is -0.394 e. The first kappa shape index (κ1) is 83.5. The van der Waals surface area contributed by atoms with E-state index in [4.69, 9.17) is 37.9 Å². The van der Waals surface area contributed by atoms with Gasteiger partial charge in [0.2, 0.25) is 11.8 Å². The summed E-state index contributed by atoms with van der Waals surface area (Å²) in [7, 11) is 0. The predicted octanol–water partition coefficient (Wildman–Crippen LogP) is 2.93. The number of aliphatic hydroxyl groups is 14. The van der Waals surface area contributed by atoms with E-state index < -0.39 is 185 Å². The Labute approximate surface area is 552 Å². The Morgan fingerprint density at radius 3 is 1.30 bits per heavy atom. The van der Waals surface area contributed by atoms with Gasteiger partial charge in [0.05, 0.1) is 44.7 Å². The highest BCUT2D eigenvalue weighted by Crippen LogP contribution is 2.34. The molecule has 0 spiro atoms. The molecule has 4 aliphatic rings. The number of unbranched alkanes of at least 4 members (excludes halogenated alkanes) is 29. The third-order valence-corrected chi connectivity index (χ3v) is 18.8. The van der Waals surface area contributed by atoms with Crippen LogP contribution in [0.25, 0.3) is 0 Å². The van der Waals surface area contributed by atoms with Crippen molar-refractivity contribution in [2.45, 2.75) is 387 Å². The lowest BCUT2D eigenvalue weighted by Gasteiger charge is -2.48. The predicted molar refractivity (Wildman–Crippen MR) is 341 cm³/mol. The Morgan fingerprint density at radius 2 is 0.828 bits per heavy atom. The number of aliphatic hydroxyl groups excluding tert-OH is 14. The van der Waals surface area contributed by atoms with Crippen LogP contribution in [0.3, 0.4) is 0 Å². The summed E-state index contributed by atoms with van der Waals surface area (Å²) in [5, 5.41) is 159. The highest BCUT2D eigenvalue weighted by Gasteiger charge is 2.54. The number of carbonyl (C=O) groups is 2. The van der Waals surface area contributed by atoms with Gasteiger partial charge in [0.25, 0.3) is 0 Å². The number of ether oxygens (including phenoxy) is 8. The van der Waals surface area contributed by atoms with Crippen molar-refractivity contribution in [2.24, 2.45) is 0 Å². The summed E-state index contributed by atoms with van der Waals surface area (Å²) in [6.07, 6.45) is -1.70. The van der Waals surface area contributed by atoms with Crippen LogP contribution in [0.1, 0.15) is 240 Å². The highest BCUT2D eigenvalue weighted by atomic mass is 16.8. The number of hydrogen-bond donors (Lipinski definition) is 16. The maximum atomic E-state index is 13.7. The number of carbonyl (C=O) groups excluding carboxylic acids is 2. The molecule has 548 valence electrons. The lowest BCUT2D eigenvalue weighted by Crippen LogP contribution is -2.68. The van der Waals surface area contributed by atoms with Gasteiger partial charge in [-0.05, 0) is 19.8 Å². The second-order valence-corrected chi connectivity index (χ2v) is 26.7. The van der Waals surface area contributed by atoms with Gasteiger partial charge in [-0.3, -0.25) is 9.59 Å². The molecule has 93 heavy (non-hydrogen) atoms. The van der Waals surface area contributed by atoms with Gasteiger partial charge in [0.15, 0.2) is 25.2 Å². The minimum atomic E-state index is -2.10. The van der Waals surface area contributed by atoms with E-state index in [9.17, 15) is 81.1 Å². The van der Waals surface area contributed by atoms with Crippen LogP contribution in [0.5, 0.6) is 0 Å². The Morgan fingerprint density at radius 1 is 0.430 bits per heavy atom. The summed E-state index contributed by atoms with van der Waals surface area (Å²) < 4.78 is 47.1. The van der Waals surface area contributed by atoms with Crippen LogP contribution in [0.15, 0.2) is 0 Å². The molecule has 0 bridgehead atoms. The molecule has 26 nitrogen and oxygen atoms in total. The van der Waals surface area contributed by atoms with Gasteiger partial charge < -0.3 is 120 Å². The summed E-state index contributed by atoms with van der Waals surface area (Å²) in [6.45, 7) is 3.77. The standard InChI is InChI=1S/C67H126N2O24/c1-5-7-9-11-13-15-17-18-19-20-21-22-23-24-25-26-27-29-31-33-35-37-46(74)63(85)69-44(52(76)45(73)36-34-32-30-28-16-14-12-10-8-6-2)40-86-67-62(58(82)53(77)47(38-70)90-67)93-66-60(84)57(81)54(78)49(91-66)41-87-64-50(68-43(4)72)61(55(79)48(39-71)89-64)92-65-59(83)56(80)51(75)42(3)88-65/h42,44-62,64-67,70-71,73-84H,5-41H2,1-4H3,(H,68,72)(H,69,85). The van der Waals surface area contributed by atoms with Crippen molar-refractivity contribution < 1.29 is 119 Å². The van der Waals surface area contributed by atoms with Crippen molar-refractivity contribution in [1.82, 2.24) is 10.6 Å². The van der Waals surface area contributed by atoms with Gasteiger partial charge in [-0.2, -0.15) is 0 Å². The van der Waals surface area contributed by atoms with Crippen LogP contribution < -0.4 is 10.6 Å². The van der Waals surface area contributed by atoms with E-state index in [1.54, 1.807) is 0 Å². The molecule has 4 saturated heterocycles. The summed E-state index contributed by atoms with van der Waals surface area (Å²) in [5.74, 6) is -1.55. The fourth-order valence-electron chi connectivity index (χ4n) is 12.8. The summed E-state index contributed by atoms with van der Waals surface area (Å²) >= 11 is 0. The summed E-state index contributed by atoms with van der Waals surface area (Å²) in [4.78, 5) is 26.3. The van der Waals surface area contributed by atoms with Crippen molar-refractivity contribution in [3.8, 4) is 0 Å². The average molecular weight is 1340 g/mol. The van der Waals surface area contributed by atoms with E-state index in [1.807, 2.05) is 0 Å². The molecular weight excluding hydrogens is 1220 g/mol. The Bertz CT molecular complexity index is 1920. The van der Waals surface area contributed by atoms with Crippen molar-refractivity contribution in [1.29, 1.82) is 0 Å². The van der Waals surface area contributed by atoms with Crippen molar-refractivity contribution in [3.05, 3.63) is 0 Å². The topological polar surface area (TPSA) is 415 Å². The second-order valence-electron chi connectivity index (χ2n) is 26.7. The molecule has 0 aromatic carbocycles. The van der Waals surface area contributed by atoms with Gasteiger partial charge in [-0.25, -0.2) is 0 Å². The SMILES string of the molecule is CCCCCCCCCCCCCCCCCCCCCCCC(O)C(=O)NC(COC1OC(CO)C(O)C(O)C1OC1OC(COC2OC(CO)C(O)C(OC3OC(C)C(O)C(O)C3O)C2NC(C)=O)C(O)C(O)C1O)C(O)C(O)CCCCCCCCCCCC. The number of rotatable bonds is 50. The summed E-state index contributed by atoms with van der Waals surface area (Å²) in [6, 6.07) is -2.93. The zero-order valence-electron chi connectivity index (χ0n) is 56.4. The molecule has 0 saturated carbocycles. The van der Waals surface area contributed by atoms with Gasteiger partial charge in [0.1, 0.15) is 104 Å². The van der Waals surface area contributed by atoms with Crippen LogP contribution in [0.2, 0.25) is 0 Å². The molecule has 0 radical (unpaired) electrons. The third-order valence-electron chi connectivity index (χ3n) is 18.8. The minimum absolute atomic E-state index is 0.124. The molecule has 26 heteroatoms.